The van der Waals surface area contributed by atoms with E-state index in [9.17, 15) is 8.42 Å². The Morgan fingerprint density at radius 3 is 2.79 bits per heavy atom. The average Bonchev–Trinajstić information content (AvgIpc) is 2.68. The van der Waals surface area contributed by atoms with Gasteiger partial charge in [0.05, 0.1) is 11.0 Å². The summed E-state index contributed by atoms with van der Waals surface area (Å²) in [5.74, 6) is 0.202. The second-order valence-corrected chi connectivity index (χ2v) is 8.42. The van der Waals surface area contributed by atoms with Crippen molar-refractivity contribution >= 4 is 9.84 Å². The molecular formula is C14H24N2O2S. The van der Waals surface area contributed by atoms with Crippen LogP contribution in [-0.4, -0.2) is 24.0 Å². The first-order chi connectivity index (χ1) is 8.90. The highest BCUT2D eigenvalue weighted by molar-refractivity contribution is 7.91. The van der Waals surface area contributed by atoms with Gasteiger partial charge in [0.2, 0.25) is 0 Å². The third kappa shape index (κ3) is 3.39. The van der Waals surface area contributed by atoms with Gasteiger partial charge in [-0.1, -0.05) is 6.42 Å². The summed E-state index contributed by atoms with van der Waals surface area (Å²) in [6.07, 6.45) is 8.57. The van der Waals surface area contributed by atoms with E-state index in [0.29, 0.717) is 6.54 Å². The molecule has 0 amide bonds. The van der Waals surface area contributed by atoms with Crippen LogP contribution in [0.1, 0.15) is 50.3 Å². The van der Waals surface area contributed by atoms with E-state index in [-0.39, 0.29) is 17.0 Å². The van der Waals surface area contributed by atoms with Crippen molar-refractivity contribution in [1.82, 2.24) is 4.57 Å². The van der Waals surface area contributed by atoms with Gasteiger partial charge in [-0.25, -0.2) is 8.42 Å². The molecule has 0 aromatic carbocycles. The Balaban J connectivity index is 2.09. The molecule has 0 saturated heterocycles. The molecule has 4 nitrogen and oxygen atoms in total. The summed E-state index contributed by atoms with van der Waals surface area (Å²) in [6, 6.07) is 0.112. The number of fused-ring (bicyclic) bond motifs is 1. The smallest absolute Gasteiger partial charge is 0.154 e. The van der Waals surface area contributed by atoms with Crippen molar-refractivity contribution in [3.8, 4) is 0 Å². The van der Waals surface area contributed by atoms with E-state index < -0.39 is 9.84 Å². The second-order valence-electron chi connectivity index (χ2n) is 5.74. The summed E-state index contributed by atoms with van der Waals surface area (Å²) < 4.78 is 25.7. The van der Waals surface area contributed by atoms with Gasteiger partial charge in [0, 0.05) is 25.0 Å². The zero-order chi connectivity index (χ0) is 14.0. The molecule has 5 heteroatoms. The number of aromatic nitrogens is 1. The second kappa shape index (κ2) is 5.67. The molecule has 0 fully saturated rings. The number of aryl methyl sites for hydroxylation is 2. The van der Waals surface area contributed by atoms with E-state index in [0.717, 1.165) is 12.8 Å². The fourth-order valence-electron chi connectivity index (χ4n) is 2.55. The Bertz CT molecular complexity index is 532. The maximum atomic E-state index is 11.8. The molecule has 0 bridgehead atoms. The number of hydrogen-bond donors (Lipinski definition) is 1. The normalized spacial score (nSPS) is 20.3. The van der Waals surface area contributed by atoms with Crippen LogP contribution in [0, 0.1) is 0 Å². The van der Waals surface area contributed by atoms with Crippen molar-refractivity contribution in [2.24, 2.45) is 5.73 Å². The Kier molecular flexibility index (Phi) is 4.36. The van der Waals surface area contributed by atoms with Crippen LogP contribution in [0.3, 0.4) is 0 Å². The number of sulfone groups is 1. The maximum Gasteiger partial charge on any atom is 0.154 e. The first-order valence-corrected chi connectivity index (χ1v) is 8.77. The van der Waals surface area contributed by atoms with Gasteiger partial charge in [0.1, 0.15) is 0 Å². The van der Waals surface area contributed by atoms with E-state index in [1.54, 1.807) is 13.8 Å². The number of nitrogens with zero attached hydrogens (tertiary/aromatic N) is 1. The molecular weight excluding hydrogens is 260 g/mol. The Labute approximate surface area is 115 Å². The molecule has 1 heterocycles. The van der Waals surface area contributed by atoms with Crippen molar-refractivity contribution in [3.63, 3.8) is 0 Å². The molecule has 1 unspecified atom stereocenters. The predicted molar refractivity (Wildman–Crippen MR) is 77.8 cm³/mol. The summed E-state index contributed by atoms with van der Waals surface area (Å²) in [4.78, 5) is 0. The fraction of sp³-hybridized carbons (Fsp3) is 0.714. The van der Waals surface area contributed by atoms with Crippen LogP contribution in [0.5, 0.6) is 0 Å². The van der Waals surface area contributed by atoms with E-state index in [4.69, 9.17) is 5.73 Å². The van der Waals surface area contributed by atoms with Gasteiger partial charge in [-0.15, -0.1) is 0 Å². The molecule has 1 aliphatic carbocycles. The molecule has 108 valence electrons. The average molecular weight is 284 g/mol. The van der Waals surface area contributed by atoms with Gasteiger partial charge in [0.15, 0.2) is 9.84 Å². The number of hydrogen-bond acceptors (Lipinski definition) is 3. The van der Waals surface area contributed by atoms with Crippen LogP contribution in [0.15, 0.2) is 12.4 Å². The minimum Gasteiger partial charge on any atom is -0.353 e. The van der Waals surface area contributed by atoms with Crippen LogP contribution in [0.4, 0.5) is 0 Å². The lowest BCUT2D eigenvalue weighted by molar-refractivity contribution is 0.579. The molecule has 1 aromatic rings. The highest BCUT2D eigenvalue weighted by Gasteiger charge is 2.19. The van der Waals surface area contributed by atoms with Crippen LogP contribution < -0.4 is 5.73 Å². The van der Waals surface area contributed by atoms with Crippen molar-refractivity contribution < 1.29 is 8.42 Å². The number of nitrogens with two attached hydrogens (primary N) is 1. The van der Waals surface area contributed by atoms with Gasteiger partial charge in [-0.3, -0.25) is 0 Å². The molecule has 0 saturated carbocycles. The Morgan fingerprint density at radius 2 is 2.11 bits per heavy atom. The van der Waals surface area contributed by atoms with E-state index in [1.165, 1.54) is 24.0 Å². The topological polar surface area (TPSA) is 65.1 Å². The van der Waals surface area contributed by atoms with Crippen LogP contribution >= 0.6 is 0 Å². The maximum absolute atomic E-state index is 11.8. The van der Waals surface area contributed by atoms with Crippen molar-refractivity contribution in [3.05, 3.63) is 23.5 Å². The Morgan fingerprint density at radius 1 is 1.37 bits per heavy atom. The summed E-state index contributed by atoms with van der Waals surface area (Å²) >= 11 is 0. The Hall–Kier alpha value is -0.810. The van der Waals surface area contributed by atoms with E-state index >= 15 is 0 Å². The first-order valence-electron chi connectivity index (χ1n) is 7.06. The summed E-state index contributed by atoms with van der Waals surface area (Å²) in [7, 11) is -2.97. The fourth-order valence-corrected chi connectivity index (χ4v) is 3.49. The molecule has 0 radical (unpaired) electrons. The summed E-state index contributed by atoms with van der Waals surface area (Å²) in [5, 5.41) is -0.303. The molecule has 1 aromatic heterocycles. The highest BCUT2D eigenvalue weighted by atomic mass is 32.2. The standard InChI is InChI=1S/C14H24N2O2S/c1-11(2)19(17,18)8-7-16-9-12-5-3-4-6-14(15)13(12)10-16/h9-11,14H,3-8,15H2,1-2H3. The van der Waals surface area contributed by atoms with Gasteiger partial charge in [-0.05, 0) is 44.2 Å². The van der Waals surface area contributed by atoms with Crippen LogP contribution in [0.2, 0.25) is 0 Å². The molecule has 1 aliphatic rings. The molecule has 19 heavy (non-hydrogen) atoms. The lowest BCUT2D eigenvalue weighted by atomic mass is 10.1. The third-order valence-electron chi connectivity index (χ3n) is 3.96. The van der Waals surface area contributed by atoms with Crippen molar-refractivity contribution in [2.75, 3.05) is 5.75 Å². The van der Waals surface area contributed by atoms with Gasteiger partial charge < -0.3 is 10.3 Å². The lowest BCUT2D eigenvalue weighted by Gasteiger charge is -2.09. The highest BCUT2D eigenvalue weighted by Crippen LogP contribution is 2.27. The zero-order valence-electron chi connectivity index (χ0n) is 11.8. The monoisotopic (exact) mass is 284 g/mol. The quantitative estimate of drug-likeness (QED) is 0.860. The zero-order valence-corrected chi connectivity index (χ0v) is 12.6. The van der Waals surface area contributed by atoms with Gasteiger partial charge in [0.25, 0.3) is 0 Å². The number of rotatable bonds is 4. The minimum absolute atomic E-state index is 0.112. The first kappa shape index (κ1) is 14.6. The molecule has 2 rings (SSSR count). The minimum atomic E-state index is -2.97. The molecule has 2 N–H and O–H groups in total. The SMILES string of the molecule is CC(C)S(=O)(=O)CCn1cc2c(c1)C(N)CCCC2. The van der Waals surface area contributed by atoms with Crippen LogP contribution in [0.25, 0.3) is 0 Å². The third-order valence-corrected chi connectivity index (χ3v) is 6.15. The van der Waals surface area contributed by atoms with Crippen molar-refractivity contribution in [2.45, 2.75) is 57.4 Å². The predicted octanol–water partition coefficient (Wildman–Crippen LogP) is 2.04. The molecule has 1 atom stereocenters. The van der Waals surface area contributed by atoms with Crippen LogP contribution in [-0.2, 0) is 22.8 Å². The lowest BCUT2D eigenvalue weighted by Crippen LogP contribution is -2.20. The summed E-state index contributed by atoms with van der Waals surface area (Å²) in [5.41, 5.74) is 8.66. The molecule has 0 aliphatic heterocycles. The van der Waals surface area contributed by atoms with Gasteiger partial charge in [-0.2, -0.15) is 0 Å². The van der Waals surface area contributed by atoms with Gasteiger partial charge >= 0.3 is 0 Å². The van der Waals surface area contributed by atoms with Crippen molar-refractivity contribution in [1.29, 1.82) is 0 Å². The molecule has 0 spiro atoms. The van der Waals surface area contributed by atoms with E-state index in [1.807, 2.05) is 10.8 Å². The van der Waals surface area contributed by atoms with E-state index in [2.05, 4.69) is 6.20 Å². The summed E-state index contributed by atoms with van der Waals surface area (Å²) in [6.45, 7) is 3.99. The largest absolute Gasteiger partial charge is 0.353 e.